The Balaban J connectivity index is 3.50. The Bertz CT molecular complexity index is 83.3. The molecule has 0 aromatic rings. The van der Waals surface area contributed by atoms with Gasteiger partial charge in [0, 0.05) is 5.38 Å². The first kappa shape index (κ1) is 10.2. The second kappa shape index (κ2) is 4.97. The second-order valence-corrected chi connectivity index (χ2v) is 3.69. The number of hydrogen-bond donors (Lipinski definition) is 0. The van der Waals surface area contributed by atoms with Crippen LogP contribution in [0.15, 0.2) is 0 Å². The van der Waals surface area contributed by atoms with Gasteiger partial charge < -0.3 is 0 Å². The van der Waals surface area contributed by atoms with E-state index in [-0.39, 0.29) is 11.3 Å². The molecule has 2 heteroatoms. The lowest BCUT2D eigenvalue weighted by Crippen LogP contribution is -2.18. The van der Waals surface area contributed by atoms with E-state index in [1.54, 1.807) is 0 Å². The molecule has 1 radical (unpaired) electrons. The van der Waals surface area contributed by atoms with E-state index in [0.29, 0.717) is 6.42 Å². The van der Waals surface area contributed by atoms with Crippen molar-refractivity contribution in [3.8, 4) is 0 Å². The summed E-state index contributed by atoms with van der Waals surface area (Å²) in [5.41, 5.74) is 0. The molecule has 0 spiro atoms. The second-order valence-electron chi connectivity index (χ2n) is 2.94. The van der Waals surface area contributed by atoms with E-state index in [4.69, 9.17) is 11.6 Å². The summed E-state index contributed by atoms with van der Waals surface area (Å²) in [5, 5.41) is 11.2. The van der Waals surface area contributed by atoms with Crippen molar-refractivity contribution in [2.24, 2.45) is 5.92 Å². The highest BCUT2D eigenvalue weighted by molar-refractivity contribution is 6.20. The van der Waals surface area contributed by atoms with Crippen LogP contribution in [0.5, 0.6) is 0 Å². The quantitative estimate of drug-likeness (QED) is 0.568. The molecule has 0 aliphatic carbocycles. The molecular weight excluding hydrogens is 148 g/mol. The summed E-state index contributed by atoms with van der Waals surface area (Å²) >= 11 is 5.67. The largest absolute Gasteiger partial charge is 0.233 e. The Morgan fingerprint density at radius 2 is 1.90 bits per heavy atom. The zero-order valence-corrected chi connectivity index (χ0v) is 7.69. The molecule has 0 aliphatic heterocycles. The monoisotopic (exact) mass is 163 g/mol. The summed E-state index contributed by atoms with van der Waals surface area (Å²) < 4.78 is 0. The van der Waals surface area contributed by atoms with Crippen LogP contribution in [0.4, 0.5) is 0 Å². The molecule has 1 nitrogen and oxygen atoms in total. The predicted octanol–water partition coefficient (Wildman–Crippen LogP) is 2.85. The Morgan fingerprint density at radius 3 is 2.20 bits per heavy atom. The molecule has 0 fully saturated rings. The highest BCUT2D eigenvalue weighted by Gasteiger charge is 2.15. The summed E-state index contributed by atoms with van der Waals surface area (Å²) in [6.07, 6.45) is 1.08. The molecule has 0 saturated carbocycles. The van der Waals surface area contributed by atoms with Crippen molar-refractivity contribution in [3.05, 3.63) is 0 Å². The van der Waals surface area contributed by atoms with Gasteiger partial charge in [0.1, 0.15) is 0 Å². The third-order valence-corrected chi connectivity index (χ3v) is 2.01. The lowest BCUT2D eigenvalue weighted by Gasteiger charge is -2.15. The zero-order chi connectivity index (χ0) is 8.15. The fourth-order valence-corrected chi connectivity index (χ4v) is 0.991. The van der Waals surface area contributed by atoms with E-state index < -0.39 is 6.10 Å². The van der Waals surface area contributed by atoms with E-state index >= 15 is 0 Å². The molecular formula is C8H16ClO. The van der Waals surface area contributed by atoms with Crippen LogP contribution < -0.4 is 0 Å². The maximum atomic E-state index is 11.2. The van der Waals surface area contributed by atoms with Crippen molar-refractivity contribution < 1.29 is 5.11 Å². The maximum absolute atomic E-state index is 11.2. The molecule has 0 amide bonds. The van der Waals surface area contributed by atoms with Gasteiger partial charge in [0.25, 0.3) is 0 Å². The van der Waals surface area contributed by atoms with Gasteiger partial charge in [0.15, 0.2) is 0 Å². The van der Waals surface area contributed by atoms with Gasteiger partial charge in [0.2, 0.25) is 0 Å². The number of hydrogen-bond acceptors (Lipinski definition) is 0. The molecule has 0 aromatic heterocycles. The van der Waals surface area contributed by atoms with Crippen LogP contribution in [-0.2, 0) is 5.11 Å². The lowest BCUT2D eigenvalue weighted by molar-refractivity contribution is 0.0351. The Kier molecular flexibility index (Phi) is 5.10. The zero-order valence-electron chi connectivity index (χ0n) is 6.93. The van der Waals surface area contributed by atoms with Gasteiger partial charge in [-0.05, 0) is 19.3 Å². The molecule has 0 aliphatic rings. The van der Waals surface area contributed by atoms with Gasteiger partial charge >= 0.3 is 0 Å². The lowest BCUT2D eigenvalue weighted by atomic mass is 9.98. The molecule has 0 N–H and O–H groups in total. The van der Waals surface area contributed by atoms with Crippen molar-refractivity contribution in [3.63, 3.8) is 0 Å². The summed E-state index contributed by atoms with van der Waals surface area (Å²) in [4.78, 5) is 0. The van der Waals surface area contributed by atoms with Crippen LogP contribution in [0.2, 0.25) is 0 Å². The van der Waals surface area contributed by atoms with Crippen LogP contribution in [0, 0.1) is 5.92 Å². The van der Waals surface area contributed by atoms with Gasteiger partial charge in [-0.25, -0.2) is 5.11 Å². The molecule has 10 heavy (non-hydrogen) atoms. The Hall–Kier alpha value is 0.250. The van der Waals surface area contributed by atoms with Gasteiger partial charge in [-0.3, -0.25) is 0 Å². The average Bonchev–Trinajstić information content (AvgIpc) is 1.85. The molecule has 3 unspecified atom stereocenters. The minimum absolute atomic E-state index is 0.0245. The SMILES string of the molecule is CCC(C)C([O])CC(C)Cl. The van der Waals surface area contributed by atoms with Crippen LogP contribution in [0.3, 0.4) is 0 Å². The Labute approximate surface area is 68.4 Å². The third-order valence-electron chi connectivity index (χ3n) is 1.84. The van der Waals surface area contributed by atoms with Gasteiger partial charge in [0.05, 0.1) is 6.10 Å². The van der Waals surface area contributed by atoms with E-state index in [1.165, 1.54) is 0 Å². The number of halogens is 1. The molecule has 0 bridgehead atoms. The van der Waals surface area contributed by atoms with E-state index in [9.17, 15) is 5.11 Å². The standard InChI is InChI=1S/C8H16ClO/c1-4-6(2)8(10)5-7(3)9/h6-8H,4-5H2,1-3H3. The first-order chi connectivity index (χ1) is 4.57. The van der Waals surface area contributed by atoms with Gasteiger partial charge in [-0.15, -0.1) is 11.6 Å². The highest BCUT2D eigenvalue weighted by Crippen LogP contribution is 2.15. The number of rotatable bonds is 4. The summed E-state index contributed by atoms with van der Waals surface area (Å²) in [7, 11) is 0. The van der Waals surface area contributed by atoms with Crippen molar-refractivity contribution >= 4 is 11.6 Å². The van der Waals surface area contributed by atoms with E-state index in [2.05, 4.69) is 0 Å². The van der Waals surface area contributed by atoms with E-state index in [0.717, 1.165) is 6.42 Å². The molecule has 0 aromatic carbocycles. The topological polar surface area (TPSA) is 19.9 Å². The summed E-state index contributed by atoms with van der Waals surface area (Å²) in [5.74, 6) is 0.265. The van der Waals surface area contributed by atoms with Crippen molar-refractivity contribution in [2.75, 3.05) is 0 Å². The predicted molar refractivity (Wildman–Crippen MR) is 43.9 cm³/mol. The van der Waals surface area contributed by atoms with Crippen LogP contribution in [0.1, 0.15) is 33.6 Å². The van der Waals surface area contributed by atoms with Crippen LogP contribution in [0.25, 0.3) is 0 Å². The van der Waals surface area contributed by atoms with Gasteiger partial charge in [-0.1, -0.05) is 20.3 Å². The first-order valence-corrected chi connectivity index (χ1v) is 4.31. The fourth-order valence-electron chi connectivity index (χ4n) is 0.815. The fraction of sp³-hybridized carbons (Fsp3) is 1.00. The smallest absolute Gasteiger partial charge is 0.0969 e. The molecule has 61 valence electrons. The molecule has 0 rings (SSSR count). The average molecular weight is 164 g/mol. The van der Waals surface area contributed by atoms with Gasteiger partial charge in [-0.2, -0.15) is 0 Å². The maximum Gasteiger partial charge on any atom is 0.0969 e. The van der Waals surface area contributed by atoms with Crippen molar-refractivity contribution in [2.45, 2.75) is 45.1 Å². The molecule has 3 atom stereocenters. The van der Waals surface area contributed by atoms with Crippen molar-refractivity contribution in [1.82, 2.24) is 0 Å². The highest BCUT2D eigenvalue weighted by atomic mass is 35.5. The number of alkyl halides is 1. The molecule has 0 saturated heterocycles. The molecule has 0 heterocycles. The minimum Gasteiger partial charge on any atom is -0.233 e. The minimum atomic E-state index is -0.475. The summed E-state index contributed by atoms with van der Waals surface area (Å²) in [6, 6.07) is 0. The van der Waals surface area contributed by atoms with Crippen LogP contribution in [-0.4, -0.2) is 11.5 Å². The van der Waals surface area contributed by atoms with Crippen molar-refractivity contribution in [1.29, 1.82) is 0 Å². The Morgan fingerprint density at radius 1 is 1.40 bits per heavy atom. The van der Waals surface area contributed by atoms with Crippen LogP contribution >= 0.6 is 11.6 Å². The summed E-state index contributed by atoms with van der Waals surface area (Å²) in [6.45, 7) is 5.89. The normalized spacial score (nSPS) is 20.1. The third kappa shape index (κ3) is 4.13. The first-order valence-electron chi connectivity index (χ1n) is 3.87. The van der Waals surface area contributed by atoms with E-state index in [1.807, 2.05) is 20.8 Å².